The molecule has 0 saturated heterocycles. The fraction of sp³-hybridized carbons (Fsp3) is 0.0476. The summed E-state index contributed by atoms with van der Waals surface area (Å²) in [6, 6.07) is 40.2. The van der Waals surface area contributed by atoms with Crippen LogP contribution >= 0.6 is 0 Å². The van der Waals surface area contributed by atoms with E-state index >= 15 is 0 Å². The maximum atomic E-state index is 5.19. The molecule has 4 heterocycles. The topological polar surface area (TPSA) is 51.6 Å². The van der Waals surface area contributed by atoms with E-state index in [1.54, 1.807) is 0 Å². The summed E-state index contributed by atoms with van der Waals surface area (Å²) >= 11 is 0. The largest absolute Gasteiger partial charge is 0.254 e. The van der Waals surface area contributed by atoms with Gasteiger partial charge in [-0.25, -0.2) is 15.0 Å². The lowest BCUT2D eigenvalue weighted by molar-refractivity contribution is 1.29. The summed E-state index contributed by atoms with van der Waals surface area (Å²) in [7, 11) is 0. The van der Waals surface area contributed by atoms with E-state index in [9.17, 15) is 0 Å². The first kappa shape index (κ1) is 27.5. The third kappa shape index (κ3) is 4.90. The first-order chi connectivity index (χ1) is 22.7. The van der Waals surface area contributed by atoms with Crippen molar-refractivity contribution in [2.24, 2.45) is 0 Å². The van der Waals surface area contributed by atoms with Crippen molar-refractivity contribution in [3.8, 4) is 33.6 Å². The Morgan fingerprint density at radius 2 is 1.28 bits per heavy atom. The highest BCUT2D eigenvalue weighted by Gasteiger charge is 2.15. The molecule has 0 atom stereocenters. The molecule has 0 aliphatic carbocycles. The van der Waals surface area contributed by atoms with Crippen LogP contribution in [0.4, 0.5) is 0 Å². The Bertz CT molecular complexity index is 2510. The van der Waals surface area contributed by atoms with E-state index in [2.05, 4.69) is 121 Å². The van der Waals surface area contributed by atoms with Crippen molar-refractivity contribution < 1.29 is 0 Å². The summed E-state index contributed by atoms with van der Waals surface area (Å²) in [5.41, 5.74) is 12.0. The van der Waals surface area contributed by atoms with Gasteiger partial charge in [-0.15, -0.1) is 0 Å². The molecule has 4 nitrogen and oxygen atoms in total. The third-order valence-corrected chi connectivity index (χ3v) is 8.52. The van der Waals surface area contributed by atoms with Gasteiger partial charge in [-0.1, -0.05) is 97.1 Å². The van der Waals surface area contributed by atoms with Gasteiger partial charge in [-0.05, 0) is 73.0 Å². The summed E-state index contributed by atoms with van der Waals surface area (Å²) < 4.78 is 0. The average Bonchev–Trinajstić information content (AvgIpc) is 3.11. The number of fused-ring (bicyclic) bond motifs is 6. The van der Waals surface area contributed by atoms with Crippen molar-refractivity contribution in [3.63, 3.8) is 0 Å². The number of aromatic nitrogens is 4. The number of hydrogen-bond donors (Lipinski definition) is 0. The molecule has 8 aromatic rings. The second kappa shape index (κ2) is 11.5. The van der Waals surface area contributed by atoms with Crippen molar-refractivity contribution in [1.29, 1.82) is 0 Å². The van der Waals surface area contributed by atoms with Gasteiger partial charge in [0.15, 0.2) is 0 Å². The Hall–Kier alpha value is -6.00. The molecule has 4 aromatic heterocycles. The lowest BCUT2D eigenvalue weighted by Crippen LogP contribution is -1.95. The zero-order valence-corrected chi connectivity index (χ0v) is 25.6. The van der Waals surface area contributed by atoms with E-state index in [1.807, 2.05) is 43.5 Å². The molecular weight excluding hydrogens is 560 g/mol. The van der Waals surface area contributed by atoms with Crippen LogP contribution in [0.15, 0.2) is 140 Å². The molecule has 4 aromatic carbocycles. The molecule has 0 unspecified atom stereocenters. The highest BCUT2D eigenvalue weighted by atomic mass is 14.8. The van der Waals surface area contributed by atoms with E-state index in [1.165, 1.54) is 0 Å². The minimum Gasteiger partial charge on any atom is -0.254 e. The third-order valence-electron chi connectivity index (χ3n) is 8.52. The monoisotopic (exact) mass is 590 g/mol. The summed E-state index contributed by atoms with van der Waals surface area (Å²) in [6.07, 6.45) is 9.98. The van der Waals surface area contributed by atoms with Crippen LogP contribution in [0, 0.1) is 6.92 Å². The van der Waals surface area contributed by atoms with E-state index in [0.29, 0.717) is 0 Å². The maximum absolute atomic E-state index is 5.19. The molecule has 0 bridgehead atoms. The first-order valence-corrected chi connectivity index (χ1v) is 15.5. The van der Waals surface area contributed by atoms with Crippen LogP contribution in [0.3, 0.4) is 0 Å². The SMILES string of the molecule is C/C=C\C=C/c1nc2c(cc1C)c(-c1cccc(-c3cccc(-c4ccc5ccc6cccnc6c5n4)c3)c1)nc1ccccc12. The van der Waals surface area contributed by atoms with Crippen LogP contribution in [0.2, 0.25) is 0 Å². The number of rotatable bonds is 5. The van der Waals surface area contributed by atoms with E-state index in [4.69, 9.17) is 15.0 Å². The lowest BCUT2D eigenvalue weighted by atomic mass is 9.96. The van der Waals surface area contributed by atoms with Crippen molar-refractivity contribution in [3.05, 3.63) is 151 Å². The number of benzene rings is 4. The van der Waals surface area contributed by atoms with Gasteiger partial charge in [0, 0.05) is 38.9 Å². The molecule has 0 aliphatic rings. The lowest BCUT2D eigenvalue weighted by Gasteiger charge is -2.13. The summed E-state index contributed by atoms with van der Waals surface area (Å²) in [4.78, 5) is 20.1. The molecule has 0 saturated carbocycles. The minimum atomic E-state index is 0.918. The molecule has 4 heteroatoms. The Balaban J connectivity index is 1.24. The highest BCUT2D eigenvalue weighted by Crippen LogP contribution is 2.35. The molecule has 0 amide bonds. The minimum absolute atomic E-state index is 0.918. The number of pyridine rings is 4. The molecule has 0 fully saturated rings. The molecule has 46 heavy (non-hydrogen) atoms. The fourth-order valence-electron chi connectivity index (χ4n) is 6.20. The van der Waals surface area contributed by atoms with Gasteiger partial charge in [-0.2, -0.15) is 0 Å². The van der Waals surface area contributed by atoms with Gasteiger partial charge in [-0.3, -0.25) is 4.98 Å². The zero-order chi connectivity index (χ0) is 31.0. The van der Waals surface area contributed by atoms with Gasteiger partial charge in [0.05, 0.1) is 39.1 Å². The predicted molar refractivity (Wildman–Crippen MR) is 193 cm³/mol. The van der Waals surface area contributed by atoms with Gasteiger partial charge in [0.1, 0.15) is 0 Å². The molecule has 0 N–H and O–H groups in total. The van der Waals surface area contributed by atoms with Crippen LogP contribution in [0.5, 0.6) is 0 Å². The van der Waals surface area contributed by atoms with E-state index < -0.39 is 0 Å². The quantitative estimate of drug-likeness (QED) is 0.148. The van der Waals surface area contributed by atoms with Gasteiger partial charge in [0.2, 0.25) is 0 Å². The van der Waals surface area contributed by atoms with Gasteiger partial charge < -0.3 is 0 Å². The Labute approximate surface area is 267 Å². The molecule has 0 radical (unpaired) electrons. The average molecular weight is 591 g/mol. The Morgan fingerprint density at radius 3 is 2.13 bits per heavy atom. The normalized spacial score (nSPS) is 12.0. The number of aryl methyl sites for hydroxylation is 1. The summed E-state index contributed by atoms with van der Waals surface area (Å²) in [6.45, 7) is 4.13. The smallest absolute Gasteiger partial charge is 0.0972 e. The van der Waals surface area contributed by atoms with Crippen molar-refractivity contribution >= 4 is 49.7 Å². The standard InChI is InChI=1S/C42H30N4/c1-3-4-5-17-36-27(2)24-35-39(46-38-18-7-6-16-34(38)42(35)44-36)33-14-9-12-31(26-33)30-11-8-13-32(25-30)37-22-21-29-20-19-28-15-10-23-43-40(28)41(29)45-37/h3-26H,1-2H3/b4-3-,17-5-. The summed E-state index contributed by atoms with van der Waals surface area (Å²) in [5.74, 6) is 0. The van der Waals surface area contributed by atoms with Crippen LogP contribution in [0.1, 0.15) is 18.2 Å². The fourth-order valence-corrected chi connectivity index (χ4v) is 6.20. The van der Waals surface area contributed by atoms with Crippen LogP contribution in [-0.2, 0) is 0 Å². The van der Waals surface area contributed by atoms with E-state index in [-0.39, 0.29) is 0 Å². The predicted octanol–water partition coefficient (Wildman–Crippen LogP) is 10.8. The van der Waals surface area contributed by atoms with Crippen molar-refractivity contribution in [1.82, 2.24) is 19.9 Å². The van der Waals surface area contributed by atoms with E-state index in [0.717, 1.165) is 88.5 Å². The maximum Gasteiger partial charge on any atom is 0.0972 e. The van der Waals surface area contributed by atoms with Crippen LogP contribution < -0.4 is 0 Å². The van der Waals surface area contributed by atoms with Crippen molar-refractivity contribution in [2.45, 2.75) is 13.8 Å². The van der Waals surface area contributed by atoms with Gasteiger partial charge >= 0.3 is 0 Å². The Morgan fingerprint density at radius 1 is 0.543 bits per heavy atom. The zero-order valence-electron chi connectivity index (χ0n) is 25.6. The highest BCUT2D eigenvalue weighted by molar-refractivity contribution is 6.09. The number of para-hydroxylation sites is 1. The van der Waals surface area contributed by atoms with Crippen LogP contribution in [-0.4, -0.2) is 19.9 Å². The summed E-state index contributed by atoms with van der Waals surface area (Å²) in [5, 5.41) is 4.27. The molecule has 0 aliphatic heterocycles. The number of hydrogen-bond acceptors (Lipinski definition) is 4. The van der Waals surface area contributed by atoms with Crippen LogP contribution in [0.25, 0.3) is 83.3 Å². The second-order valence-corrected chi connectivity index (χ2v) is 11.5. The Kier molecular flexibility index (Phi) is 6.88. The second-order valence-electron chi connectivity index (χ2n) is 11.5. The van der Waals surface area contributed by atoms with Gasteiger partial charge in [0.25, 0.3) is 0 Å². The first-order valence-electron chi connectivity index (χ1n) is 15.5. The molecule has 8 rings (SSSR count). The van der Waals surface area contributed by atoms with Crippen molar-refractivity contribution in [2.75, 3.05) is 0 Å². The molecular formula is C42H30N4. The number of allylic oxidation sites excluding steroid dienone is 3. The number of nitrogens with zero attached hydrogens (tertiary/aromatic N) is 4. The molecule has 218 valence electrons. The molecule has 0 spiro atoms.